The van der Waals surface area contributed by atoms with Gasteiger partial charge in [-0.1, -0.05) is 148 Å². The Labute approximate surface area is 327 Å². The van der Waals surface area contributed by atoms with Crippen molar-refractivity contribution >= 4 is 56.8 Å². The number of rotatable bonds is 4. The fourth-order valence-electron chi connectivity index (χ4n) is 8.76. The maximum Gasteiger partial charge on any atom is 0.431 e. The van der Waals surface area contributed by atoms with Gasteiger partial charge in [0, 0.05) is 44.4 Å². The number of benzene rings is 8. The molecule has 4 heteroatoms. The molecule has 0 unspecified atom stereocenters. The molecule has 8 aromatic carbocycles. The lowest BCUT2D eigenvalue weighted by molar-refractivity contribution is 0.588. The molecule has 0 fully saturated rings. The van der Waals surface area contributed by atoms with E-state index in [0.29, 0.717) is 0 Å². The SMILES string of the molecule is CC(C)(C)c1ccc2oc3c4c5c(cc3c2c1)N(c1ccc(-c2ccccc2)cc1)c1ccc(-c2ccccc2)cc1B5Oc1cc(-c2ccccc2)ccc1-4. The first-order valence-corrected chi connectivity index (χ1v) is 19.4. The van der Waals surface area contributed by atoms with Crippen LogP contribution in [0.2, 0.25) is 0 Å². The van der Waals surface area contributed by atoms with Gasteiger partial charge >= 0.3 is 6.92 Å². The van der Waals surface area contributed by atoms with E-state index in [4.69, 9.17) is 9.07 Å². The van der Waals surface area contributed by atoms with Crippen LogP contribution in [0.25, 0.3) is 66.4 Å². The first-order chi connectivity index (χ1) is 27.4. The quantitative estimate of drug-likeness (QED) is 0.169. The minimum atomic E-state index is -0.361. The molecule has 0 amide bonds. The molecule has 2 aliphatic heterocycles. The lowest BCUT2D eigenvalue weighted by Crippen LogP contribution is -2.56. The molecule has 0 spiro atoms. The fourth-order valence-corrected chi connectivity index (χ4v) is 8.76. The standard InChI is InChI=1S/C52H38BNO2/c1-52(2,3)39-23-28-47-42(31-39)43-32-46-50-49(51(43)55-47)41-26-21-38(35-17-11-6-12-18-35)30-48(41)56-53(50)44-29-37(34-15-9-5-10-16-34)22-27-45(44)54(46)40-24-19-36(20-25-40)33-13-7-4-8-14-33/h4-32H,1-3H3. The van der Waals surface area contributed by atoms with Crippen LogP contribution < -0.4 is 20.5 Å². The molecule has 3 heterocycles. The topological polar surface area (TPSA) is 25.6 Å². The zero-order valence-corrected chi connectivity index (χ0v) is 31.6. The van der Waals surface area contributed by atoms with Crippen LogP contribution in [0.5, 0.6) is 5.75 Å². The van der Waals surface area contributed by atoms with E-state index >= 15 is 0 Å². The summed E-state index contributed by atoms with van der Waals surface area (Å²) in [4.78, 5) is 2.44. The molecule has 0 atom stereocenters. The number of hydrogen-bond acceptors (Lipinski definition) is 3. The molecule has 0 N–H and O–H groups in total. The van der Waals surface area contributed by atoms with Crippen LogP contribution >= 0.6 is 0 Å². The van der Waals surface area contributed by atoms with E-state index in [9.17, 15) is 0 Å². The van der Waals surface area contributed by atoms with Gasteiger partial charge in [0.1, 0.15) is 16.9 Å². The summed E-state index contributed by atoms with van der Waals surface area (Å²) in [5.74, 6) is 0.856. The highest BCUT2D eigenvalue weighted by atomic mass is 16.4. The van der Waals surface area contributed by atoms with Crippen molar-refractivity contribution < 1.29 is 9.07 Å². The van der Waals surface area contributed by atoms with Gasteiger partial charge in [0.2, 0.25) is 0 Å². The van der Waals surface area contributed by atoms with Crippen molar-refractivity contribution in [3.8, 4) is 50.3 Å². The summed E-state index contributed by atoms with van der Waals surface area (Å²) in [6.07, 6.45) is 0. The average molecular weight is 720 g/mol. The Morgan fingerprint density at radius 1 is 0.500 bits per heavy atom. The minimum Gasteiger partial charge on any atom is -0.551 e. The average Bonchev–Trinajstić information content (AvgIpc) is 3.62. The second kappa shape index (κ2) is 12.4. The molecule has 0 saturated heterocycles. The smallest absolute Gasteiger partial charge is 0.431 e. The Morgan fingerprint density at radius 2 is 1.09 bits per heavy atom. The molecular formula is C52H38BNO2. The van der Waals surface area contributed by atoms with Gasteiger partial charge in [0.15, 0.2) is 0 Å². The third kappa shape index (κ3) is 5.13. The number of hydrogen-bond donors (Lipinski definition) is 0. The highest BCUT2D eigenvalue weighted by Crippen LogP contribution is 2.49. The van der Waals surface area contributed by atoms with Crippen molar-refractivity contribution in [2.75, 3.05) is 4.90 Å². The summed E-state index contributed by atoms with van der Waals surface area (Å²) < 4.78 is 14.3. The van der Waals surface area contributed by atoms with Gasteiger partial charge in [-0.2, -0.15) is 0 Å². The van der Waals surface area contributed by atoms with Gasteiger partial charge in [-0.05, 0) is 98.4 Å². The van der Waals surface area contributed by atoms with Crippen LogP contribution in [-0.2, 0) is 5.41 Å². The van der Waals surface area contributed by atoms with E-state index < -0.39 is 0 Å². The molecule has 3 nitrogen and oxygen atoms in total. The van der Waals surface area contributed by atoms with Crippen molar-refractivity contribution in [3.05, 3.63) is 181 Å². The summed E-state index contributed by atoms with van der Waals surface area (Å²) >= 11 is 0. The molecule has 0 bridgehead atoms. The first kappa shape index (κ1) is 32.6. The normalized spacial score (nSPS) is 13.0. The van der Waals surface area contributed by atoms with Gasteiger partial charge in [-0.3, -0.25) is 0 Å². The van der Waals surface area contributed by atoms with Gasteiger partial charge in [0.25, 0.3) is 0 Å². The van der Waals surface area contributed by atoms with Crippen molar-refractivity contribution in [2.45, 2.75) is 26.2 Å². The van der Waals surface area contributed by atoms with Crippen LogP contribution in [0.1, 0.15) is 26.3 Å². The number of furan rings is 1. The summed E-state index contributed by atoms with van der Waals surface area (Å²) in [7, 11) is 0. The monoisotopic (exact) mass is 719 g/mol. The summed E-state index contributed by atoms with van der Waals surface area (Å²) in [6.45, 7) is 6.45. The predicted molar refractivity (Wildman–Crippen MR) is 234 cm³/mol. The number of nitrogens with zero attached hydrogens (tertiary/aromatic N) is 1. The summed E-state index contributed by atoms with van der Waals surface area (Å²) in [6, 6.07) is 63.3. The van der Waals surface area contributed by atoms with Crippen molar-refractivity contribution in [1.29, 1.82) is 0 Å². The van der Waals surface area contributed by atoms with E-state index in [1.807, 2.05) is 0 Å². The van der Waals surface area contributed by atoms with E-state index in [0.717, 1.165) is 83.5 Å². The van der Waals surface area contributed by atoms with Crippen molar-refractivity contribution in [3.63, 3.8) is 0 Å². The maximum atomic E-state index is 7.30. The molecule has 56 heavy (non-hydrogen) atoms. The number of anilines is 3. The fraction of sp³-hybridized carbons (Fsp3) is 0.0769. The highest BCUT2D eigenvalue weighted by molar-refractivity contribution is 6.86. The van der Waals surface area contributed by atoms with Crippen LogP contribution in [-0.4, -0.2) is 6.92 Å². The van der Waals surface area contributed by atoms with E-state index in [1.54, 1.807) is 0 Å². The van der Waals surface area contributed by atoms with Gasteiger partial charge < -0.3 is 14.0 Å². The Morgan fingerprint density at radius 3 is 1.75 bits per heavy atom. The van der Waals surface area contributed by atoms with Gasteiger partial charge in [-0.15, -0.1) is 0 Å². The second-order valence-electron chi connectivity index (χ2n) is 16.1. The highest BCUT2D eigenvalue weighted by Gasteiger charge is 2.44. The lowest BCUT2D eigenvalue weighted by Gasteiger charge is -2.40. The molecule has 2 aliphatic rings. The Hall–Kier alpha value is -6.78. The number of fused-ring (bicyclic) bond motifs is 8. The summed E-state index contributed by atoms with van der Waals surface area (Å²) in [5.41, 5.74) is 17.7. The molecule has 0 saturated carbocycles. The summed E-state index contributed by atoms with van der Waals surface area (Å²) in [5, 5.41) is 2.23. The zero-order valence-electron chi connectivity index (χ0n) is 31.6. The first-order valence-electron chi connectivity index (χ1n) is 19.4. The Balaban J connectivity index is 1.22. The van der Waals surface area contributed by atoms with Gasteiger partial charge in [-0.25, -0.2) is 0 Å². The molecule has 1 aromatic heterocycles. The predicted octanol–water partition coefficient (Wildman–Crippen LogP) is 12.8. The molecular weight excluding hydrogens is 681 g/mol. The lowest BCUT2D eigenvalue weighted by atomic mass is 9.49. The van der Waals surface area contributed by atoms with Crippen LogP contribution in [0.3, 0.4) is 0 Å². The Bertz CT molecular complexity index is 2960. The second-order valence-corrected chi connectivity index (χ2v) is 16.1. The minimum absolute atomic E-state index is 0.0123. The van der Waals surface area contributed by atoms with Gasteiger partial charge in [0.05, 0.1) is 0 Å². The van der Waals surface area contributed by atoms with Crippen molar-refractivity contribution in [2.24, 2.45) is 0 Å². The van der Waals surface area contributed by atoms with E-state index in [-0.39, 0.29) is 12.3 Å². The van der Waals surface area contributed by atoms with Crippen LogP contribution in [0.4, 0.5) is 17.1 Å². The Kier molecular flexibility index (Phi) is 7.21. The molecule has 266 valence electrons. The molecule has 9 aromatic rings. The van der Waals surface area contributed by atoms with Crippen LogP contribution in [0, 0.1) is 0 Å². The third-order valence-electron chi connectivity index (χ3n) is 11.6. The molecule has 11 rings (SSSR count). The van der Waals surface area contributed by atoms with Crippen LogP contribution in [0.15, 0.2) is 180 Å². The molecule has 0 radical (unpaired) electrons. The van der Waals surface area contributed by atoms with Crippen molar-refractivity contribution in [1.82, 2.24) is 0 Å². The van der Waals surface area contributed by atoms with E-state index in [2.05, 4.69) is 202 Å². The van der Waals surface area contributed by atoms with E-state index in [1.165, 1.54) is 22.3 Å². The largest absolute Gasteiger partial charge is 0.551 e. The zero-order chi connectivity index (χ0) is 37.5. The maximum absolute atomic E-state index is 7.30. The third-order valence-corrected chi connectivity index (χ3v) is 11.6. The molecule has 0 aliphatic carbocycles.